The van der Waals surface area contributed by atoms with E-state index in [2.05, 4.69) is 33.1 Å². The van der Waals surface area contributed by atoms with Crippen molar-refractivity contribution in [2.24, 2.45) is 5.92 Å². The van der Waals surface area contributed by atoms with Crippen LogP contribution in [-0.4, -0.2) is 31.8 Å². The molecule has 0 amide bonds. The van der Waals surface area contributed by atoms with Gasteiger partial charge in [0.2, 0.25) is 0 Å². The van der Waals surface area contributed by atoms with E-state index < -0.39 is 0 Å². The van der Waals surface area contributed by atoms with Gasteiger partial charge in [-0.3, -0.25) is 0 Å². The molecule has 0 radical (unpaired) electrons. The summed E-state index contributed by atoms with van der Waals surface area (Å²) >= 11 is 0. The first-order valence-corrected chi connectivity index (χ1v) is 8.66. The van der Waals surface area contributed by atoms with Crippen LogP contribution >= 0.6 is 0 Å². The predicted molar refractivity (Wildman–Crippen MR) is 103 cm³/mol. The van der Waals surface area contributed by atoms with Gasteiger partial charge in [0.1, 0.15) is 25.1 Å². The van der Waals surface area contributed by atoms with Gasteiger partial charge >= 0.3 is 0 Å². The largest absolute Gasteiger partial charge is 0.508 e. The van der Waals surface area contributed by atoms with E-state index in [0.29, 0.717) is 5.56 Å². The van der Waals surface area contributed by atoms with Crippen molar-refractivity contribution in [3.63, 3.8) is 0 Å². The second kappa shape index (κ2) is 20.3. The third-order valence-corrected chi connectivity index (χ3v) is 3.62. The van der Waals surface area contributed by atoms with E-state index in [1.807, 2.05) is 13.6 Å². The Morgan fingerprint density at radius 2 is 1.64 bits per heavy atom. The molecule has 2 rings (SSSR count). The highest BCUT2D eigenvalue weighted by Crippen LogP contribution is 2.22. The molecule has 146 valence electrons. The monoisotopic (exact) mass is 357 g/mol. The second-order valence-corrected chi connectivity index (χ2v) is 5.80. The van der Waals surface area contributed by atoms with Crippen molar-refractivity contribution >= 4 is 13.6 Å². The van der Waals surface area contributed by atoms with Gasteiger partial charge in [-0.15, -0.1) is 0 Å². The zero-order valence-electron chi connectivity index (χ0n) is 16.5. The van der Waals surface area contributed by atoms with E-state index in [0.717, 1.165) is 12.0 Å². The number of carbonyl (C=O) groups is 2. The smallest absolute Gasteiger partial charge is 0.126 e. The van der Waals surface area contributed by atoms with E-state index in [1.54, 1.807) is 6.92 Å². The summed E-state index contributed by atoms with van der Waals surface area (Å²) in [7, 11) is 2.08. The van der Waals surface area contributed by atoms with Crippen LogP contribution in [0.2, 0.25) is 0 Å². The molecule has 1 fully saturated rings. The predicted octanol–water partition coefficient (Wildman–Crippen LogP) is 4.67. The maximum atomic E-state index is 12.4. The van der Waals surface area contributed by atoms with E-state index >= 15 is 0 Å². The molecule has 2 atom stereocenters. The summed E-state index contributed by atoms with van der Waals surface area (Å²) in [6.07, 6.45) is 6.93. The zero-order valence-corrected chi connectivity index (χ0v) is 16.5. The molecule has 1 aromatic rings. The molecular formula is C20H36FNO3. The number of hydrogen-bond donors (Lipinski definition) is 2. The first-order chi connectivity index (χ1) is 12.0. The number of aromatic hydroxyl groups is 1. The van der Waals surface area contributed by atoms with Gasteiger partial charge in [-0.1, -0.05) is 40.0 Å². The molecule has 25 heavy (non-hydrogen) atoms. The third-order valence-electron chi connectivity index (χ3n) is 3.62. The van der Waals surface area contributed by atoms with Gasteiger partial charge in [-0.25, -0.2) is 4.39 Å². The summed E-state index contributed by atoms with van der Waals surface area (Å²) in [5, 5.41) is 12.1. The molecule has 1 saturated carbocycles. The molecule has 1 aliphatic rings. The summed E-state index contributed by atoms with van der Waals surface area (Å²) in [4.78, 5) is 16.0. The molecule has 4 nitrogen and oxygen atoms in total. The van der Waals surface area contributed by atoms with Crippen LogP contribution in [0.25, 0.3) is 0 Å². The van der Waals surface area contributed by atoms with E-state index in [9.17, 15) is 4.39 Å². The van der Waals surface area contributed by atoms with Crippen molar-refractivity contribution in [1.29, 1.82) is 0 Å². The van der Waals surface area contributed by atoms with Crippen LogP contribution in [0.4, 0.5) is 4.39 Å². The summed E-state index contributed by atoms with van der Waals surface area (Å²) in [6, 6.07) is 4.75. The number of nitrogens with one attached hydrogen (secondary N) is 1. The Hall–Kier alpha value is -1.75. The number of halogens is 1. The highest BCUT2D eigenvalue weighted by molar-refractivity contribution is 5.27. The van der Waals surface area contributed by atoms with Gasteiger partial charge in [-0.05, 0) is 56.5 Å². The Morgan fingerprint density at radius 1 is 1.16 bits per heavy atom. The Morgan fingerprint density at radius 3 is 1.96 bits per heavy atom. The zero-order chi connectivity index (χ0) is 20.3. The maximum Gasteiger partial charge on any atom is 0.126 e. The fourth-order valence-electron chi connectivity index (χ4n) is 2.37. The van der Waals surface area contributed by atoms with Gasteiger partial charge in [0.15, 0.2) is 0 Å². The number of phenolic OH excluding ortho intramolecular Hbond substituents is 1. The van der Waals surface area contributed by atoms with Crippen LogP contribution in [0.5, 0.6) is 5.75 Å². The lowest BCUT2D eigenvalue weighted by Crippen LogP contribution is -2.34. The Balaban J connectivity index is -0.000000287. The lowest BCUT2D eigenvalue weighted by Gasteiger charge is -2.27. The highest BCUT2D eigenvalue weighted by Gasteiger charge is 2.18. The number of hydrogen-bond acceptors (Lipinski definition) is 4. The standard InChI is InChI=1S/C8H17N.C7H7FO.C3H8.2CH2O/c1-7-5-3-4-6-8(7)9-2;1-5-4-6(9)2-3-7(5)8;1-3-2;2*1-2/h7-9H,3-6H2,1-2H3;2-4,9H,1H3;3H2,1-2H3;2*1H2/t7-,8?;;;;/m0..../s1. The van der Waals surface area contributed by atoms with Gasteiger partial charge in [0.25, 0.3) is 0 Å². The molecule has 0 aliphatic heterocycles. The molecule has 0 spiro atoms. The minimum Gasteiger partial charge on any atom is -0.508 e. The number of aryl methyl sites for hydroxylation is 1. The number of phenols is 1. The second-order valence-electron chi connectivity index (χ2n) is 5.80. The van der Waals surface area contributed by atoms with Crippen LogP contribution in [0.15, 0.2) is 18.2 Å². The number of benzene rings is 1. The molecule has 0 heterocycles. The maximum absolute atomic E-state index is 12.4. The third kappa shape index (κ3) is 15.5. The van der Waals surface area contributed by atoms with Crippen molar-refractivity contribution in [2.45, 2.75) is 65.8 Å². The van der Waals surface area contributed by atoms with Crippen LogP contribution in [0.1, 0.15) is 58.4 Å². The summed E-state index contributed by atoms with van der Waals surface area (Å²) in [5.41, 5.74) is 0.468. The molecular weight excluding hydrogens is 321 g/mol. The SMILES string of the molecule is C=O.C=O.CCC.CNC1CCCC[C@@H]1C.Cc1cc(O)ccc1F. The minimum atomic E-state index is -0.284. The minimum absolute atomic E-state index is 0.105. The molecule has 1 aromatic carbocycles. The van der Waals surface area contributed by atoms with Crippen LogP contribution in [0.3, 0.4) is 0 Å². The molecule has 1 aliphatic carbocycles. The van der Waals surface area contributed by atoms with E-state index in [-0.39, 0.29) is 11.6 Å². The van der Waals surface area contributed by atoms with E-state index in [1.165, 1.54) is 50.3 Å². The fourth-order valence-corrected chi connectivity index (χ4v) is 2.37. The molecule has 2 N–H and O–H groups in total. The van der Waals surface area contributed by atoms with Crippen LogP contribution in [0, 0.1) is 18.7 Å². The van der Waals surface area contributed by atoms with Gasteiger partial charge in [0.05, 0.1) is 0 Å². The molecule has 0 saturated heterocycles. The van der Waals surface area contributed by atoms with Gasteiger partial charge < -0.3 is 20.0 Å². The topological polar surface area (TPSA) is 66.4 Å². The number of carbonyl (C=O) groups excluding carboxylic acids is 2. The Kier molecular flexibility index (Phi) is 22.8. The summed E-state index contributed by atoms with van der Waals surface area (Å²) < 4.78 is 12.4. The van der Waals surface area contributed by atoms with Gasteiger partial charge in [-0.2, -0.15) is 0 Å². The molecule has 0 aromatic heterocycles. The average Bonchev–Trinajstić information content (AvgIpc) is 2.64. The van der Waals surface area contributed by atoms with Crippen LogP contribution < -0.4 is 5.32 Å². The molecule has 1 unspecified atom stereocenters. The Bertz CT molecular complexity index is 414. The first-order valence-electron chi connectivity index (χ1n) is 8.66. The Labute approximate surface area is 152 Å². The molecule has 5 heteroatoms. The quantitative estimate of drug-likeness (QED) is 0.766. The van der Waals surface area contributed by atoms with Crippen LogP contribution in [-0.2, 0) is 9.59 Å². The van der Waals surface area contributed by atoms with Crippen molar-refractivity contribution in [3.05, 3.63) is 29.6 Å². The first kappa shape index (κ1) is 28.1. The van der Waals surface area contributed by atoms with Crippen molar-refractivity contribution in [1.82, 2.24) is 5.32 Å². The van der Waals surface area contributed by atoms with Gasteiger partial charge in [0, 0.05) is 6.04 Å². The summed E-state index contributed by atoms with van der Waals surface area (Å²) in [5.74, 6) is 0.727. The lowest BCUT2D eigenvalue weighted by atomic mass is 9.86. The van der Waals surface area contributed by atoms with E-state index in [4.69, 9.17) is 14.7 Å². The van der Waals surface area contributed by atoms with Crippen molar-refractivity contribution in [3.8, 4) is 5.75 Å². The highest BCUT2D eigenvalue weighted by atomic mass is 19.1. The fraction of sp³-hybridized carbons (Fsp3) is 0.600. The normalized spacial score (nSPS) is 17.7. The van der Waals surface area contributed by atoms with Crippen molar-refractivity contribution in [2.75, 3.05) is 7.05 Å². The van der Waals surface area contributed by atoms with Crippen molar-refractivity contribution < 1.29 is 19.1 Å². The number of rotatable bonds is 1. The molecule has 0 bridgehead atoms. The lowest BCUT2D eigenvalue weighted by molar-refractivity contribution is -0.0987. The summed E-state index contributed by atoms with van der Waals surface area (Å²) in [6.45, 7) is 12.2. The average molecular weight is 358 g/mol.